The molecular weight excluding hydrogens is 388 g/mol. The van der Waals surface area contributed by atoms with Gasteiger partial charge in [-0.25, -0.2) is 9.98 Å². The van der Waals surface area contributed by atoms with Crippen LogP contribution in [0.2, 0.25) is 0 Å². The number of hydrogen-bond donors (Lipinski definition) is 0. The van der Waals surface area contributed by atoms with Crippen LogP contribution in [-0.4, -0.2) is 10.7 Å². The van der Waals surface area contributed by atoms with Gasteiger partial charge < -0.3 is 0 Å². The van der Waals surface area contributed by atoms with Crippen LogP contribution in [0.1, 0.15) is 37.5 Å². The molecule has 0 unspecified atom stereocenters. The van der Waals surface area contributed by atoms with Gasteiger partial charge in [-0.15, -0.1) is 0 Å². The Bertz CT molecular complexity index is 1460. The van der Waals surface area contributed by atoms with Gasteiger partial charge in [0.15, 0.2) is 5.82 Å². The van der Waals surface area contributed by atoms with Gasteiger partial charge >= 0.3 is 0 Å². The topological polar surface area (TPSA) is 25.2 Å². The van der Waals surface area contributed by atoms with E-state index in [1.54, 1.807) is 0 Å². The van der Waals surface area contributed by atoms with Gasteiger partial charge in [-0.05, 0) is 54.6 Å². The van der Waals surface area contributed by atoms with Gasteiger partial charge in [0.2, 0.25) is 0 Å². The van der Waals surface area contributed by atoms with Crippen molar-refractivity contribution in [2.75, 3.05) is 0 Å². The van der Waals surface area contributed by atoms with Crippen LogP contribution < -0.4 is 10.4 Å². The summed E-state index contributed by atoms with van der Waals surface area (Å²) in [6.07, 6.45) is 4.05. The minimum Gasteiger partial charge on any atom is -0.236 e. The smallest absolute Gasteiger partial charge is 0.155 e. The van der Waals surface area contributed by atoms with Crippen molar-refractivity contribution in [2.24, 2.45) is 4.99 Å². The molecule has 0 N–H and O–H groups in total. The Kier molecular flexibility index (Phi) is 6.13. The lowest BCUT2D eigenvalue weighted by atomic mass is 9.96. The van der Waals surface area contributed by atoms with E-state index in [1.807, 2.05) is 19.2 Å². The largest absolute Gasteiger partial charge is 0.236 e. The van der Waals surface area contributed by atoms with E-state index in [4.69, 9.17) is 4.99 Å². The molecule has 0 amide bonds. The fourth-order valence-corrected chi connectivity index (χ4v) is 4.08. The Morgan fingerprint density at radius 2 is 1.53 bits per heavy atom. The van der Waals surface area contributed by atoms with E-state index in [2.05, 4.69) is 105 Å². The molecule has 0 spiro atoms. The number of nitrogens with zero attached hydrogens (tertiary/aromatic N) is 2. The molecule has 2 nitrogen and oxygen atoms in total. The first-order valence-electron chi connectivity index (χ1n) is 10.9. The van der Waals surface area contributed by atoms with Gasteiger partial charge in [-0.2, -0.15) is 0 Å². The average molecular weight is 417 g/mol. The molecule has 0 aliphatic rings. The summed E-state index contributed by atoms with van der Waals surface area (Å²) in [5.41, 5.74) is 6.47. The fraction of sp³-hybridized carbons (Fsp3) is 0.133. The van der Waals surface area contributed by atoms with Gasteiger partial charge in [0.05, 0.1) is 0 Å². The maximum Gasteiger partial charge on any atom is 0.155 e. The number of allylic oxidation sites excluding steroid dienone is 1. The van der Waals surface area contributed by atoms with Gasteiger partial charge in [0.1, 0.15) is 0 Å². The van der Waals surface area contributed by atoms with Crippen LogP contribution in [0.4, 0.5) is 5.82 Å². The molecule has 0 aliphatic carbocycles. The summed E-state index contributed by atoms with van der Waals surface area (Å²) in [7, 11) is 0. The minimum atomic E-state index is 0.759. The molecule has 0 aliphatic heterocycles. The molecule has 32 heavy (non-hydrogen) atoms. The van der Waals surface area contributed by atoms with Crippen LogP contribution in [-0.2, 0) is 0 Å². The van der Waals surface area contributed by atoms with Crippen molar-refractivity contribution in [1.29, 1.82) is 0 Å². The average Bonchev–Trinajstić information content (AvgIpc) is 2.82. The van der Waals surface area contributed by atoms with Crippen LogP contribution in [0.3, 0.4) is 0 Å². The highest BCUT2D eigenvalue weighted by molar-refractivity contribution is 6.23. The molecule has 0 radical (unpaired) electrons. The van der Waals surface area contributed by atoms with Gasteiger partial charge in [-0.1, -0.05) is 91.0 Å². The van der Waals surface area contributed by atoms with Crippen LogP contribution in [0.25, 0.3) is 28.0 Å². The Morgan fingerprint density at radius 3 is 2.25 bits per heavy atom. The summed E-state index contributed by atoms with van der Waals surface area (Å²) < 4.78 is 0. The normalized spacial score (nSPS) is 13.4. The number of benzene rings is 3. The van der Waals surface area contributed by atoms with Crippen LogP contribution >= 0.6 is 0 Å². The lowest BCUT2D eigenvalue weighted by Crippen LogP contribution is -2.28. The van der Waals surface area contributed by atoms with Crippen LogP contribution in [0, 0.1) is 6.92 Å². The molecule has 0 bridgehead atoms. The molecule has 0 fully saturated rings. The monoisotopic (exact) mass is 416 g/mol. The van der Waals surface area contributed by atoms with E-state index in [0.717, 1.165) is 50.0 Å². The number of fused-ring (bicyclic) bond motifs is 1. The second-order valence-corrected chi connectivity index (χ2v) is 8.10. The van der Waals surface area contributed by atoms with E-state index < -0.39 is 0 Å². The SMILES string of the molecule is C=C(C)c1ccc(C(/C(C)=N/c2ncc3ccccc3c2C)=c2\cccc\c2=C\C)cc1. The van der Waals surface area contributed by atoms with Gasteiger partial charge in [0, 0.05) is 28.4 Å². The van der Waals surface area contributed by atoms with E-state index in [9.17, 15) is 0 Å². The number of pyridine rings is 1. The number of aryl methyl sites for hydroxylation is 1. The predicted octanol–water partition coefficient (Wildman–Crippen LogP) is 6.37. The minimum absolute atomic E-state index is 0.759. The maximum absolute atomic E-state index is 5.03. The fourth-order valence-electron chi connectivity index (χ4n) is 4.08. The highest BCUT2D eigenvalue weighted by Gasteiger charge is 2.11. The molecule has 1 aromatic heterocycles. The standard InChI is InChI=1S/C30H28N2/c1-6-23-11-7-10-14-28(23)29(25-17-15-24(16-18-25)20(2)3)22(5)32-30-21(4)27-13-9-8-12-26(27)19-31-30/h6-19H,2H2,1,3-5H3/b23-6-,29-28+,32-22+. The summed E-state index contributed by atoms with van der Waals surface area (Å²) in [4.78, 5) is 9.71. The first-order valence-corrected chi connectivity index (χ1v) is 10.9. The van der Waals surface area contributed by atoms with Crippen molar-refractivity contribution in [3.63, 3.8) is 0 Å². The van der Waals surface area contributed by atoms with Crippen molar-refractivity contribution < 1.29 is 0 Å². The first-order chi connectivity index (χ1) is 15.5. The first kappa shape index (κ1) is 21.5. The van der Waals surface area contributed by atoms with Crippen LogP contribution in [0.15, 0.2) is 90.6 Å². The zero-order valence-electron chi connectivity index (χ0n) is 19.2. The summed E-state index contributed by atoms with van der Waals surface area (Å²) in [5, 5.41) is 4.66. The second-order valence-electron chi connectivity index (χ2n) is 8.10. The lowest BCUT2D eigenvalue weighted by Gasteiger charge is -2.12. The Balaban J connectivity index is 1.97. The number of aromatic nitrogens is 1. The molecule has 0 atom stereocenters. The van der Waals surface area contributed by atoms with Crippen molar-refractivity contribution in [1.82, 2.24) is 4.98 Å². The van der Waals surface area contributed by atoms with E-state index in [0.29, 0.717) is 0 Å². The third-order valence-corrected chi connectivity index (χ3v) is 5.87. The Morgan fingerprint density at radius 1 is 0.875 bits per heavy atom. The molecule has 0 saturated carbocycles. The third kappa shape index (κ3) is 4.17. The lowest BCUT2D eigenvalue weighted by molar-refractivity contribution is 1.25. The second kappa shape index (κ2) is 9.15. The van der Waals surface area contributed by atoms with E-state index in [1.165, 1.54) is 10.6 Å². The zero-order valence-corrected chi connectivity index (χ0v) is 19.2. The molecular formula is C30H28N2. The van der Waals surface area contributed by atoms with Crippen molar-refractivity contribution in [2.45, 2.75) is 27.7 Å². The van der Waals surface area contributed by atoms with Crippen LogP contribution in [0.5, 0.6) is 0 Å². The molecule has 3 aromatic carbocycles. The molecule has 2 heteroatoms. The summed E-state index contributed by atoms with van der Waals surface area (Å²) >= 11 is 0. The molecule has 4 aromatic rings. The quantitative estimate of drug-likeness (QED) is 0.355. The number of aliphatic imine (C=N–C) groups is 1. The molecule has 4 rings (SSSR count). The Labute approximate surface area is 190 Å². The molecule has 1 heterocycles. The van der Waals surface area contributed by atoms with Crippen molar-refractivity contribution >= 4 is 39.5 Å². The molecule has 0 saturated heterocycles. The van der Waals surface area contributed by atoms with E-state index >= 15 is 0 Å². The maximum atomic E-state index is 5.03. The summed E-state index contributed by atoms with van der Waals surface area (Å²) in [6, 6.07) is 25.3. The number of rotatable bonds is 4. The van der Waals surface area contributed by atoms with Gasteiger partial charge in [0.25, 0.3) is 0 Å². The van der Waals surface area contributed by atoms with E-state index in [-0.39, 0.29) is 0 Å². The Hall–Kier alpha value is -3.78. The number of hydrogen-bond acceptors (Lipinski definition) is 2. The van der Waals surface area contributed by atoms with Crippen molar-refractivity contribution in [3.05, 3.63) is 113 Å². The predicted molar refractivity (Wildman–Crippen MR) is 139 cm³/mol. The summed E-state index contributed by atoms with van der Waals surface area (Å²) in [5.74, 6) is 0.759. The van der Waals surface area contributed by atoms with Crippen molar-refractivity contribution in [3.8, 4) is 0 Å². The summed E-state index contributed by atoms with van der Waals surface area (Å²) in [6.45, 7) is 12.3. The third-order valence-electron chi connectivity index (χ3n) is 5.87. The molecule has 158 valence electrons. The van der Waals surface area contributed by atoms with Gasteiger partial charge in [-0.3, -0.25) is 0 Å². The highest BCUT2D eigenvalue weighted by Crippen LogP contribution is 2.26. The highest BCUT2D eigenvalue weighted by atomic mass is 14.9. The zero-order chi connectivity index (χ0) is 22.7.